The molecule has 0 heterocycles. The summed E-state index contributed by atoms with van der Waals surface area (Å²) in [5, 5.41) is 14.3. The van der Waals surface area contributed by atoms with E-state index in [1.54, 1.807) is 12.1 Å². The van der Waals surface area contributed by atoms with E-state index < -0.39 is 4.92 Å². The molecule has 1 fully saturated rings. The van der Waals surface area contributed by atoms with Gasteiger partial charge in [-0.1, -0.05) is 30.3 Å². The summed E-state index contributed by atoms with van der Waals surface area (Å²) in [6.07, 6.45) is 1.07. The minimum absolute atomic E-state index is 0.0153. The Labute approximate surface area is 122 Å². The molecule has 1 aliphatic carbocycles. The molecule has 0 radical (unpaired) electrons. The predicted octanol–water partition coefficient (Wildman–Crippen LogP) is 3.57. The van der Waals surface area contributed by atoms with Gasteiger partial charge in [0.2, 0.25) is 0 Å². The molecule has 5 heteroatoms. The summed E-state index contributed by atoms with van der Waals surface area (Å²) in [5.41, 5.74) is 2.16. The number of benzene rings is 2. The molecular formula is C16H16N2O3. The lowest BCUT2D eigenvalue weighted by atomic mass is 10.1. The van der Waals surface area contributed by atoms with Crippen molar-refractivity contribution in [2.24, 2.45) is 0 Å². The number of hydrogen-bond acceptors (Lipinski definition) is 4. The van der Waals surface area contributed by atoms with E-state index in [1.165, 1.54) is 18.7 Å². The molecule has 5 nitrogen and oxygen atoms in total. The predicted molar refractivity (Wildman–Crippen MR) is 80.9 cm³/mol. The summed E-state index contributed by atoms with van der Waals surface area (Å²) in [6.45, 7) is 0. The van der Waals surface area contributed by atoms with E-state index in [0.717, 1.165) is 12.1 Å². The molecule has 2 atom stereocenters. The van der Waals surface area contributed by atoms with E-state index in [9.17, 15) is 10.1 Å². The van der Waals surface area contributed by atoms with Crippen LogP contribution in [0.1, 0.15) is 17.9 Å². The highest BCUT2D eigenvalue weighted by Gasteiger charge is 2.38. The third kappa shape index (κ3) is 2.81. The molecule has 0 amide bonds. The molecule has 2 aromatic carbocycles. The minimum atomic E-state index is -0.438. The van der Waals surface area contributed by atoms with E-state index in [1.807, 2.05) is 18.2 Å². The molecule has 0 aromatic heterocycles. The zero-order chi connectivity index (χ0) is 14.8. The maximum atomic E-state index is 10.9. The van der Waals surface area contributed by atoms with Gasteiger partial charge in [-0.2, -0.15) is 0 Å². The van der Waals surface area contributed by atoms with Crippen LogP contribution in [0.5, 0.6) is 5.75 Å². The summed E-state index contributed by atoms with van der Waals surface area (Å²) >= 11 is 0. The molecule has 2 unspecified atom stereocenters. The SMILES string of the molecule is COc1cc(NC2CC2c2ccccc2)ccc1[N+](=O)[O-]. The number of nitrogens with one attached hydrogen (secondary N) is 1. The first-order chi connectivity index (χ1) is 10.2. The number of anilines is 1. The van der Waals surface area contributed by atoms with E-state index in [4.69, 9.17) is 4.74 Å². The first-order valence-corrected chi connectivity index (χ1v) is 6.83. The van der Waals surface area contributed by atoms with Gasteiger partial charge in [-0.15, -0.1) is 0 Å². The van der Waals surface area contributed by atoms with Gasteiger partial charge >= 0.3 is 5.69 Å². The summed E-state index contributed by atoms with van der Waals surface area (Å²) < 4.78 is 5.08. The minimum Gasteiger partial charge on any atom is -0.490 e. The average molecular weight is 284 g/mol. The molecule has 2 aromatic rings. The standard InChI is InChI=1S/C16H16N2O3/c1-21-16-9-12(7-8-15(16)18(19)20)17-14-10-13(14)11-5-3-2-4-6-11/h2-9,13-14,17H,10H2,1H3. The number of rotatable bonds is 5. The van der Waals surface area contributed by atoms with Gasteiger partial charge in [-0.3, -0.25) is 10.1 Å². The Morgan fingerprint density at radius 2 is 2.00 bits per heavy atom. The Kier molecular flexibility index (Phi) is 3.48. The van der Waals surface area contributed by atoms with Crippen LogP contribution in [0.2, 0.25) is 0 Å². The van der Waals surface area contributed by atoms with Gasteiger partial charge < -0.3 is 10.1 Å². The van der Waals surface area contributed by atoms with Crippen LogP contribution in [0.4, 0.5) is 11.4 Å². The topological polar surface area (TPSA) is 64.4 Å². The molecule has 1 aliphatic rings. The fraction of sp³-hybridized carbons (Fsp3) is 0.250. The highest BCUT2D eigenvalue weighted by Crippen LogP contribution is 2.43. The first kappa shape index (κ1) is 13.4. The van der Waals surface area contributed by atoms with Gasteiger partial charge in [0.1, 0.15) is 0 Å². The summed E-state index contributed by atoms with van der Waals surface area (Å²) in [6, 6.07) is 15.6. The zero-order valence-electron chi connectivity index (χ0n) is 11.7. The van der Waals surface area contributed by atoms with Crippen molar-refractivity contribution in [2.75, 3.05) is 12.4 Å². The number of ether oxygens (including phenoxy) is 1. The van der Waals surface area contributed by atoms with Crippen molar-refractivity contribution < 1.29 is 9.66 Å². The molecular weight excluding hydrogens is 268 g/mol. The van der Waals surface area contributed by atoms with Crippen LogP contribution in [-0.4, -0.2) is 18.1 Å². The maximum Gasteiger partial charge on any atom is 0.311 e. The Bertz CT molecular complexity index is 658. The highest BCUT2D eigenvalue weighted by atomic mass is 16.6. The van der Waals surface area contributed by atoms with Gasteiger partial charge in [-0.05, 0) is 18.1 Å². The number of nitrogens with zero attached hydrogens (tertiary/aromatic N) is 1. The zero-order valence-corrected chi connectivity index (χ0v) is 11.7. The van der Waals surface area contributed by atoms with E-state index in [-0.39, 0.29) is 11.4 Å². The molecule has 108 valence electrons. The van der Waals surface area contributed by atoms with Crippen LogP contribution in [-0.2, 0) is 0 Å². The van der Waals surface area contributed by atoms with Crippen LogP contribution in [0.25, 0.3) is 0 Å². The summed E-state index contributed by atoms with van der Waals surface area (Å²) in [4.78, 5) is 10.4. The van der Waals surface area contributed by atoms with Crippen molar-refractivity contribution in [3.63, 3.8) is 0 Å². The lowest BCUT2D eigenvalue weighted by Gasteiger charge is -2.08. The largest absolute Gasteiger partial charge is 0.490 e. The lowest BCUT2D eigenvalue weighted by molar-refractivity contribution is -0.385. The third-order valence-corrected chi connectivity index (χ3v) is 3.75. The number of hydrogen-bond donors (Lipinski definition) is 1. The van der Waals surface area contributed by atoms with Crippen molar-refractivity contribution in [2.45, 2.75) is 18.4 Å². The van der Waals surface area contributed by atoms with Crippen molar-refractivity contribution >= 4 is 11.4 Å². The monoisotopic (exact) mass is 284 g/mol. The van der Waals surface area contributed by atoms with Crippen molar-refractivity contribution in [1.82, 2.24) is 0 Å². The van der Waals surface area contributed by atoms with E-state index in [0.29, 0.717) is 12.0 Å². The Balaban J connectivity index is 1.71. The first-order valence-electron chi connectivity index (χ1n) is 6.83. The van der Waals surface area contributed by atoms with Crippen molar-refractivity contribution in [3.05, 3.63) is 64.2 Å². The van der Waals surface area contributed by atoms with Gasteiger partial charge in [0.25, 0.3) is 0 Å². The second-order valence-corrected chi connectivity index (χ2v) is 5.15. The Morgan fingerprint density at radius 1 is 1.24 bits per heavy atom. The molecule has 0 saturated heterocycles. The lowest BCUT2D eigenvalue weighted by Crippen LogP contribution is -2.04. The second kappa shape index (κ2) is 5.44. The Morgan fingerprint density at radius 3 is 2.67 bits per heavy atom. The Hall–Kier alpha value is -2.56. The van der Waals surface area contributed by atoms with Crippen molar-refractivity contribution in [1.29, 1.82) is 0 Å². The van der Waals surface area contributed by atoms with E-state index in [2.05, 4.69) is 17.4 Å². The van der Waals surface area contributed by atoms with Crippen LogP contribution in [0.15, 0.2) is 48.5 Å². The quantitative estimate of drug-likeness (QED) is 0.673. The normalized spacial score (nSPS) is 19.9. The summed E-state index contributed by atoms with van der Waals surface area (Å²) in [7, 11) is 1.44. The molecule has 1 N–H and O–H groups in total. The van der Waals surface area contributed by atoms with Crippen LogP contribution >= 0.6 is 0 Å². The number of methoxy groups -OCH3 is 1. The van der Waals surface area contributed by atoms with Gasteiger partial charge in [0, 0.05) is 29.8 Å². The van der Waals surface area contributed by atoms with Crippen molar-refractivity contribution in [3.8, 4) is 5.75 Å². The highest BCUT2D eigenvalue weighted by molar-refractivity contribution is 5.59. The van der Waals surface area contributed by atoms with Gasteiger partial charge in [-0.25, -0.2) is 0 Å². The molecule has 0 spiro atoms. The molecule has 1 saturated carbocycles. The summed E-state index contributed by atoms with van der Waals surface area (Å²) in [5.74, 6) is 0.786. The molecule has 0 bridgehead atoms. The van der Waals surface area contributed by atoms with Gasteiger partial charge in [0.05, 0.1) is 12.0 Å². The fourth-order valence-electron chi connectivity index (χ4n) is 2.56. The average Bonchev–Trinajstić information content (AvgIpc) is 3.27. The number of nitro groups is 1. The second-order valence-electron chi connectivity index (χ2n) is 5.15. The molecule has 21 heavy (non-hydrogen) atoms. The maximum absolute atomic E-state index is 10.9. The van der Waals surface area contributed by atoms with Crippen LogP contribution in [0, 0.1) is 10.1 Å². The molecule has 0 aliphatic heterocycles. The number of nitro benzene ring substituents is 1. The van der Waals surface area contributed by atoms with Crippen LogP contribution < -0.4 is 10.1 Å². The van der Waals surface area contributed by atoms with Gasteiger partial charge in [0.15, 0.2) is 5.75 Å². The fourth-order valence-corrected chi connectivity index (χ4v) is 2.56. The third-order valence-electron chi connectivity index (χ3n) is 3.75. The molecule has 3 rings (SSSR count). The van der Waals surface area contributed by atoms with E-state index >= 15 is 0 Å². The smallest absolute Gasteiger partial charge is 0.311 e. The van der Waals surface area contributed by atoms with Crippen LogP contribution in [0.3, 0.4) is 0 Å².